The number of aryl methyl sites for hydroxylation is 1. The number of benzene rings is 1. The van der Waals surface area contributed by atoms with Gasteiger partial charge >= 0.3 is 5.97 Å². The Morgan fingerprint density at radius 2 is 1.75 bits per heavy atom. The van der Waals surface area contributed by atoms with Gasteiger partial charge in [-0.3, -0.25) is 0 Å². The lowest BCUT2D eigenvalue weighted by Crippen LogP contribution is -2.34. The third kappa shape index (κ3) is 6.80. The summed E-state index contributed by atoms with van der Waals surface area (Å²) in [6.45, 7) is 5.28. The van der Waals surface area contributed by atoms with E-state index in [1.54, 1.807) is 20.8 Å². The van der Waals surface area contributed by atoms with Crippen molar-refractivity contribution >= 4 is 15.8 Å². The van der Waals surface area contributed by atoms with Crippen molar-refractivity contribution in [2.75, 3.05) is 19.5 Å². The number of carbonyl (C=O) groups excluding carboxylic acids is 1. The van der Waals surface area contributed by atoms with Gasteiger partial charge in [0.25, 0.3) is 0 Å². The molecule has 28 heavy (non-hydrogen) atoms. The molecule has 1 aliphatic carbocycles. The van der Waals surface area contributed by atoms with Crippen LogP contribution in [0.2, 0.25) is 0 Å². The van der Waals surface area contributed by atoms with E-state index < -0.39 is 20.6 Å². The summed E-state index contributed by atoms with van der Waals surface area (Å²) in [5.74, 6) is 1.56. The highest BCUT2D eigenvalue weighted by atomic mass is 32.2. The van der Waals surface area contributed by atoms with E-state index in [1.807, 2.05) is 18.2 Å². The van der Waals surface area contributed by atoms with E-state index in [0.717, 1.165) is 38.5 Å². The minimum absolute atomic E-state index is 0.0819. The van der Waals surface area contributed by atoms with Gasteiger partial charge in [-0.2, -0.15) is 0 Å². The van der Waals surface area contributed by atoms with Gasteiger partial charge in [-0.15, -0.1) is 0 Å². The Morgan fingerprint density at radius 1 is 1.11 bits per heavy atom. The van der Waals surface area contributed by atoms with Crippen LogP contribution in [0, 0.1) is 11.8 Å². The molecule has 0 amide bonds. The van der Waals surface area contributed by atoms with Gasteiger partial charge in [0.05, 0.1) is 17.6 Å². The van der Waals surface area contributed by atoms with Gasteiger partial charge < -0.3 is 9.47 Å². The molecule has 1 aliphatic rings. The second kappa shape index (κ2) is 9.77. The molecule has 1 fully saturated rings. The maximum Gasteiger partial charge on any atom is 0.343 e. The second-order valence-corrected chi connectivity index (χ2v) is 11.6. The number of rotatable bonds is 8. The largest absolute Gasteiger partial charge is 0.482 e. The Kier molecular flexibility index (Phi) is 7.93. The molecule has 0 radical (unpaired) electrons. The van der Waals surface area contributed by atoms with Gasteiger partial charge in [0.1, 0.15) is 5.75 Å². The Labute approximate surface area is 169 Å². The number of esters is 1. The highest BCUT2D eigenvalue weighted by Crippen LogP contribution is 2.34. The zero-order chi connectivity index (χ0) is 20.8. The maximum absolute atomic E-state index is 12.4. The number of methoxy groups -OCH3 is 1. The average molecular weight is 411 g/mol. The van der Waals surface area contributed by atoms with Crippen LogP contribution in [0.15, 0.2) is 24.3 Å². The summed E-state index contributed by atoms with van der Waals surface area (Å²) in [7, 11) is -1.69. The maximum atomic E-state index is 12.4. The van der Waals surface area contributed by atoms with Crippen LogP contribution in [-0.2, 0) is 25.8 Å². The monoisotopic (exact) mass is 410 g/mol. The van der Waals surface area contributed by atoms with Crippen LogP contribution >= 0.6 is 0 Å². The predicted octanol–water partition coefficient (Wildman–Crippen LogP) is 4.19. The third-order valence-corrected chi connectivity index (χ3v) is 8.45. The molecule has 6 heteroatoms. The van der Waals surface area contributed by atoms with Crippen molar-refractivity contribution in [3.63, 3.8) is 0 Å². The molecule has 0 N–H and O–H groups in total. The third-order valence-electron chi connectivity index (χ3n) is 5.68. The van der Waals surface area contributed by atoms with Crippen molar-refractivity contribution in [3.05, 3.63) is 29.8 Å². The first-order valence-corrected chi connectivity index (χ1v) is 11.8. The predicted molar refractivity (Wildman–Crippen MR) is 111 cm³/mol. The Bertz CT molecular complexity index is 740. The van der Waals surface area contributed by atoms with Crippen LogP contribution in [0.3, 0.4) is 0 Å². The summed E-state index contributed by atoms with van der Waals surface area (Å²) in [6, 6.07) is 7.83. The lowest BCUT2D eigenvalue weighted by molar-refractivity contribution is -0.142. The van der Waals surface area contributed by atoms with E-state index in [-0.39, 0.29) is 6.61 Å². The fraction of sp³-hybridized carbons (Fsp3) is 0.682. The fourth-order valence-corrected chi connectivity index (χ4v) is 5.06. The number of hydrogen-bond acceptors (Lipinski definition) is 5. The molecule has 0 aromatic heterocycles. The fourth-order valence-electron chi connectivity index (χ4n) is 3.61. The number of sulfone groups is 1. The molecule has 0 atom stereocenters. The van der Waals surface area contributed by atoms with Gasteiger partial charge in [0.15, 0.2) is 16.4 Å². The molecule has 0 saturated heterocycles. The van der Waals surface area contributed by atoms with Crippen molar-refractivity contribution in [3.8, 4) is 5.75 Å². The minimum Gasteiger partial charge on any atom is -0.482 e. The first-order chi connectivity index (χ1) is 13.1. The van der Waals surface area contributed by atoms with Crippen molar-refractivity contribution < 1.29 is 22.7 Å². The van der Waals surface area contributed by atoms with Gasteiger partial charge in [-0.05, 0) is 76.0 Å². The van der Waals surface area contributed by atoms with Crippen LogP contribution in [0.1, 0.15) is 58.4 Å². The molecular formula is C22H34O5S. The Morgan fingerprint density at radius 3 is 2.36 bits per heavy atom. The molecule has 0 heterocycles. The molecular weight excluding hydrogens is 376 g/mol. The zero-order valence-corrected chi connectivity index (χ0v) is 18.4. The van der Waals surface area contributed by atoms with Gasteiger partial charge in [-0.1, -0.05) is 25.0 Å². The van der Waals surface area contributed by atoms with Crippen molar-refractivity contribution in [1.82, 2.24) is 0 Å². The van der Waals surface area contributed by atoms with Gasteiger partial charge in [0, 0.05) is 0 Å². The molecule has 1 aromatic carbocycles. The Hall–Kier alpha value is -1.56. The summed E-state index contributed by atoms with van der Waals surface area (Å²) in [4.78, 5) is 11.2. The van der Waals surface area contributed by atoms with E-state index in [9.17, 15) is 13.2 Å². The van der Waals surface area contributed by atoms with E-state index in [2.05, 4.69) is 10.8 Å². The average Bonchev–Trinajstić information content (AvgIpc) is 2.64. The number of hydrogen-bond donors (Lipinski definition) is 0. The summed E-state index contributed by atoms with van der Waals surface area (Å²) >= 11 is 0. The molecule has 2 rings (SSSR count). The van der Waals surface area contributed by atoms with Crippen LogP contribution in [-0.4, -0.2) is 38.6 Å². The Balaban J connectivity index is 1.77. The lowest BCUT2D eigenvalue weighted by atomic mass is 9.80. The summed E-state index contributed by atoms with van der Waals surface area (Å²) < 4.78 is 34.2. The van der Waals surface area contributed by atoms with E-state index in [4.69, 9.17) is 4.74 Å². The van der Waals surface area contributed by atoms with Crippen LogP contribution < -0.4 is 4.74 Å². The van der Waals surface area contributed by atoms with Crippen molar-refractivity contribution in [2.45, 2.75) is 64.0 Å². The molecule has 0 aliphatic heterocycles. The number of ether oxygens (including phenoxy) is 2. The summed E-state index contributed by atoms with van der Waals surface area (Å²) in [5, 5.41) is 0. The SMILES string of the molecule is COC(=O)COc1cccc(CCC2CCC(CS(=O)(=O)C(C)(C)C)CC2)c1. The summed E-state index contributed by atoms with van der Waals surface area (Å²) in [5.41, 5.74) is 1.19. The minimum atomic E-state index is -3.04. The van der Waals surface area contributed by atoms with Gasteiger partial charge in [0.2, 0.25) is 0 Å². The normalized spacial score (nSPS) is 20.6. The van der Waals surface area contributed by atoms with Crippen LogP contribution in [0.5, 0.6) is 5.75 Å². The molecule has 1 aromatic rings. The zero-order valence-electron chi connectivity index (χ0n) is 17.6. The quantitative estimate of drug-likeness (QED) is 0.601. The highest BCUT2D eigenvalue weighted by Gasteiger charge is 2.33. The molecule has 1 saturated carbocycles. The van der Waals surface area contributed by atoms with Gasteiger partial charge in [-0.25, -0.2) is 13.2 Å². The topological polar surface area (TPSA) is 69.7 Å². The second-order valence-electron chi connectivity index (χ2n) is 8.83. The molecule has 5 nitrogen and oxygen atoms in total. The molecule has 0 bridgehead atoms. The van der Waals surface area contributed by atoms with Crippen molar-refractivity contribution in [2.24, 2.45) is 11.8 Å². The molecule has 0 unspecified atom stereocenters. The summed E-state index contributed by atoms with van der Waals surface area (Å²) in [6.07, 6.45) is 6.26. The first-order valence-electron chi connectivity index (χ1n) is 10.1. The standard InChI is InChI=1S/C22H34O5S/c1-22(2,3)28(24,25)16-19-12-9-17(10-13-19)8-11-18-6-5-7-20(14-18)27-15-21(23)26-4/h5-7,14,17,19H,8-13,15-16H2,1-4H3. The van der Waals surface area contributed by atoms with E-state index in [1.165, 1.54) is 12.7 Å². The van der Waals surface area contributed by atoms with E-state index in [0.29, 0.717) is 23.3 Å². The van der Waals surface area contributed by atoms with Crippen molar-refractivity contribution in [1.29, 1.82) is 0 Å². The lowest BCUT2D eigenvalue weighted by Gasteiger charge is -2.30. The van der Waals surface area contributed by atoms with E-state index >= 15 is 0 Å². The van der Waals surface area contributed by atoms with Crippen LogP contribution in [0.25, 0.3) is 0 Å². The smallest absolute Gasteiger partial charge is 0.343 e. The number of carbonyl (C=O) groups is 1. The molecule has 158 valence electrons. The molecule has 0 spiro atoms. The first kappa shape index (κ1) is 22.7. The van der Waals surface area contributed by atoms with Crippen LogP contribution in [0.4, 0.5) is 0 Å². The highest BCUT2D eigenvalue weighted by molar-refractivity contribution is 7.92.